The molecule has 0 saturated carbocycles. The van der Waals surface area contributed by atoms with Gasteiger partial charge >= 0.3 is 5.97 Å². The topological polar surface area (TPSA) is 67.2 Å². The second-order valence-electron chi connectivity index (χ2n) is 4.78. The Morgan fingerprint density at radius 1 is 1.26 bits per heavy atom. The van der Waals surface area contributed by atoms with Crippen molar-refractivity contribution in [3.05, 3.63) is 58.3 Å². The molecule has 0 bridgehead atoms. The van der Waals surface area contributed by atoms with Gasteiger partial charge in [-0.25, -0.2) is 4.79 Å². The van der Waals surface area contributed by atoms with Crippen LogP contribution in [0.15, 0.2) is 47.8 Å². The number of methoxy groups -OCH3 is 1. The van der Waals surface area contributed by atoms with Crippen molar-refractivity contribution in [2.24, 2.45) is 0 Å². The summed E-state index contributed by atoms with van der Waals surface area (Å²) in [7, 11) is 1.23. The normalized spacial score (nSPS) is 12.9. The highest BCUT2D eigenvalue weighted by atomic mass is 32.2. The average molecular weight is 345 g/mol. The third kappa shape index (κ3) is 4.21. The predicted molar refractivity (Wildman–Crippen MR) is 91.4 cm³/mol. The van der Waals surface area contributed by atoms with E-state index in [1.807, 2.05) is 36.4 Å². The van der Waals surface area contributed by atoms with Crippen LogP contribution in [0.1, 0.15) is 21.7 Å². The first-order valence-electron chi connectivity index (χ1n) is 6.92. The minimum atomic E-state index is -1.54. The van der Waals surface area contributed by atoms with Gasteiger partial charge in [0.2, 0.25) is 9.86 Å². The molecule has 1 aromatic carbocycles. The zero-order chi connectivity index (χ0) is 16.7. The quantitative estimate of drug-likeness (QED) is 0.747. The molecule has 6 heteroatoms. The molecule has 23 heavy (non-hydrogen) atoms. The first-order valence-corrected chi connectivity index (χ1v) is 8.61. The number of carbonyl (C=O) groups excluding carboxylic acids is 2. The van der Waals surface area contributed by atoms with Gasteiger partial charge in [-0.1, -0.05) is 36.4 Å². The molecule has 2 aromatic rings. The fourth-order valence-electron chi connectivity index (χ4n) is 2.05. The van der Waals surface area contributed by atoms with Gasteiger partial charge in [-0.15, -0.1) is 11.3 Å². The molecule has 1 aromatic heterocycles. The van der Waals surface area contributed by atoms with Gasteiger partial charge in [-0.3, -0.25) is 4.79 Å². The van der Waals surface area contributed by atoms with Crippen LogP contribution in [0.2, 0.25) is 0 Å². The SMILES string of the molecule is COC(=O)[C@](C#N)(CCc1ccccc1)SC(=O)c1cccs1. The monoisotopic (exact) mass is 345 g/mol. The number of thiophene rings is 1. The number of benzene rings is 1. The molecule has 0 aliphatic carbocycles. The summed E-state index contributed by atoms with van der Waals surface area (Å²) in [6.07, 6.45) is 0.718. The Labute approximate surface area is 143 Å². The number of thioether (sulfide) groups is 1. The van der Waals surface area contributed by atoms with E-state index in [1.165, 1.54) is 18.4 Å². The lowest BCUT2D eigenvalue weighted by molar-refractivity contribution is -0.142. The lowest BCUT2D eigenvalue weighted by atomic mass is 10.00. The summed E-state index contributed by atoms with van der Waals surface area (Å²) in [5, 5.41) is 11.1. The van der Waals surface area contributed by atoms with Crippen molar-refractivity contribution >= 4 is 34.2 Å². The standard InChI is InChI=1S/C17H15NO3S2/c1-21-16(20)17(12-18,10-9-13-6-3-2-4-7-13)23-15(19)14-8-5-11-22-14/h2-8,11H,9-10H2,1H3/t17-/m1/s1. The van der Waals surface area contributed by atoms with Crippen LogP contribution in [-0.2, 0) is 16.0 Å². The van der Waals surface area contributed by atoms with E-state index in [2.05, 4.69) is 0 Å². The molecule has 0 fully saturated rings. The molecule has 0 radical (unpaired) electrons. The van der Waals surface area contributed by atoms with Crippen molar-refractivity contribution in [2.75, 3.05) is 7.11 Å². The molecule has 0 amide bonds. The van der Waals surface area contributed by atoms with E-state index >= 15 is 0 Å². The van der Waals surface area contributed by atoms with Gasteiger partial charge in [0, 0.05) is 0 Å². The van der Waals surface area contributed by atoms with E-state index < -0.39 is 10.7 Å². The van der Waals surface area contributed by atoms with Crippen LogP contribution in [-0.4, -0.2) is 22.9 Å². The van der Waals surface area contributed by atoms with Crippen LogP contribution >= 0.6 is 23.1 Å². The van der Waals surface area contributed by atoms with Crippen LogP contribution in [0.5, 0.6) is 0 Å². The summed E-state index contributed by atoms with van der Waals surface area (Å²) in [5.74, 6) is -0.689. The summed E-state index contributed by atoms with van der Waals surface area (Å²) in [4.78, 5) is 25.0. The lowest BCUT2D eigenvalue weighted by Gasteiger charge is -2.22. The lowest BCUT2D eigenvalue weighted by Crippen LogP contribution is -2.36. The molecule has 0 spiro atoms. The Balaban J connectivity index is 2.20. The summed E-state index contributed by atoms with van der Waals surface area (Å²) in [6, 6.07) is 15.0. The number of nitriles is 1. The third-order valence-corrected chi connectivity index (χ3v) is 5.51. The molecule has 0 aliphatic heterocycles. The second-order valence-corrected chi connectivity index (χ2v) is 7.00. The molecule has 2 rings (SSSR count). The van der Waals surface area contributed by atoms with Gasteiger partial charge in [0.15, 0.2) is 0 Å². The van der Waals surface area contributed by atoms with Crippen LogP contribution < -0.4 is 0 Å². The van der Waals surface area contributed by atoms with Crippen LogP contribution in [0.3, 0.4) is 0 Å². The minimum Gasteiger partial charge on any atom is -0.467 e. The Morgan fingerprint density at radius 3 is 2.57 bits per heavy atom. The predicted octanol–water partition coefficient (Wildman–Crippen LogP) is 3.69. The zero-order valence-electron chi connectivity index (χ0n) is 12.5. The van der Waals surface area contributed by atoms with E-state index in [4.69, 9.17) is 4.74 Å². The van der Waals surface area contributed by atoms with E-state index in [0.29, 0.717) is 11.3 Å². The first kappa shape index (κ1) is 17.3. The number of hydrogen-bond acceptors (Lipinski definition) is 6. The van der Waals surface area contributed by atoms with E-state index in [0.717, 1.165) is 17.3 Å². The Bertz CT molecular complexity index is 707. The van der Waals surface area contributed by atoms with Crippen LogP contribution in [0, 0.1) is 11.3 Å². The highest BCUT2D eigenvalue weighted by Gasteiger charge is 2.43. The van der Waals surface area contributed by atoms with Crippen molar-refractivity contribution in [1.29, 1.82) is 5.26 Å². The average Bonchev–Trinajstić information content (AvgIpc) is 3.13. The maximum absolute atomic E-state index is 12.3. The van der Waals surface area contributed by atoms with Crippen molar-refractivity contribution in [3.63, 3.8) is 0 Å². The number of esters is 1. The Kier molecular flexibility index (Phi) is 5.97. The van der Waals surface area contributed by atoms with Crippen LogP contribution in [0.4, 0.5) is 0 Å². The summed E-state index contributed by atoms with van der Waals surface area (Å²) >= 11 is 2.02. The number of aryl methyl sites for hydroxylation is 1. The molecule has 0 aliphatic rings. The maximum atomic E-state index is 12.3. The summed E-state index contributed by atoms with van der Waals surface area (Å²) < 4.78 is 3.25. The largest absolute Gasteiger partial charge is 0.467 e. The molecule has 1 atom stereocenters. The van der Waals surface area contributed by atoms with E-state index in [1.54, 1.807) is 17.5 Å². The van der Waals surface area contributed by atoms with Gasteiger partial charge in [0.1, 0.15) is 0 Å². The molecule has 0 saturated heterocycles. The molecule has 1 heterocycles. The third-order valence-electron chi connectivity index (χ3n) is 3.29. The maximum Gasteiger partial charge on any atom is 0.337 e. The Morgan fingerprint density at radius 2 is 2.00 bits per heavy atom. The Hall–Kier alpha value is -2.10. The van der Waals surface area contributed by atoms with Gasteiger partial charge in [0.25, 0.3) is 0 Å². The second kappa shape index (κ2) is 7.95. The van der Waals surface area contributed by atoms with Gasteiger partial charge in [0.05, 0.1) is 18.1 Å². The first-order chi connectivity index (χ1) is 11.1. The zero-order valence-corrected chi connectivity index (χ0v) is 14.2. The molecule has 0 N–H and O–H groups in total. The number of ether oxygens (including phenoxy) is 1. The number of carbonyl (C=O) groups is 2. The summed E-state index contributed by atoms with van der Waals surface area (Å²) in [6.45, 7) is 0. The molecule has 0 unspecified atom stereocenters. The molecule has 4 nitrogen and oxygen atoms in total. The van der Waals surface area contributed by atoms with Crippen molar-refractivity contribution in [1.82, 2.24) is 0 Å². The highest BCUT2D eigenvalue weighted by molar-refractivity contribution is 8.16. The smallest absolute Gasteiger partial charge is 0.337 e. The summed E-state index contributed by atoms with van der Waals surface area (Å²) in [5.41, 5.74) is 1.00. The minimum absolute atomic E-state index is 0.210. The van der Waals surface area contributed by atoms with Crippen LogP contribution in [0.25, 0.3) is 0 Å². The van der Waals surface area contributed by atoms with Crippen molar-refractivity contribution < 1.29 is 14.3 Å². The van der Waals surface area contributed by atoms with Crippen molar-refractivity contribution in [3.8, 4) is 6.07 Å². The number of rotatable bonds is 6. The number of nitrogens with zero attached hydrogens (tertiary/aromatic N) is 1. The van der Waals surface area contributed by atoms with Gasteiger partial charge in [-0.05, 0) is 41.6 Å². The van der Waals surface area contributed by atoms with Gasteiger partial charge < -0.3 is 4.74 Å². The fourth-order valence-corrected chi connectivity index (χ4v) is 3.78. The molecule has 118 valence electrons. The number of hydrogen-bond donors (Lipinski definition) is 0. The fraction of sp³-hybridized carbons (Fsp3) is 0.235. The highest BCUT2D eigenvalue weighted by Crippen LogP contribution is 2.35. The van der Waals surface area contributed by atoms with E-state index in [-0.39, 0.29) is 11.5 Å². The van der Waals surface area contributed by atoms with Gasteiger partial charge in [-0.2, -0.15) is 5.26 Å². The van der Waals surface area contributed by atoms with Crippen molar-refractivity contribution in [2.45, 2.75) is 17.6 Å². The van der Waals surface area contributed by atoms with E-state index in [9.17, 15) is 14.9 Å². The molecular weight excluding hydrogens is 330 g/mol. The molecular formula is C17H15NO3S2.